The number of nitro benzene ring substituents is 1. The first kappa shape index (κ1) is 21.3. The minimum absolute atomic E-state index is 0.114. The van der Waals surface area contributed by atoms with Crippen LogP contribution in [0.4, 0.5) is 5.69 Å². The minimum Gasteiger partial charge on any atom is -0.463 e. The van der Waals surface area contributed by atoms with Crippen molar-refractivity contribution in [2.45, 2.75) is 31.6 Å². The molecule has 1 fully saturated rings. The second kappa shape index (κ2) is 8.64. The van der Waals surface area contributed by atoms with Gasteiger partial charge in [0.15, 0.2) is 5.17 Å². The number of carbonyl (C=O) groups excluding carboxylic acids is 2. The predicted molar refractivity (Wildman–Crippen MR) is 119 cm³/mol. The van der Waals surface area contributed by atoms with Gasteiger partial charge in [-0.2, -0.15) is 0 Å². The first-order chi connectivity index (χ1) is 14.9. The van der Waals surface area contributed by atoms with Crippen LogP contribution in [-0.4, -0.2) is 38.7 Å². The van der Waals surface area contributed by atoms with Gasteiger partial charge < -0.3 is 4.74 Å². The highest BCUT2D eigenvalue weighted by Gasteiger charge is 2.48. The molecule has 1 saturated heterocycles. The van der Waals surface area contributed by atoms with Crippen LogP contribution in [-0.2, 0) is 20.7 Å². The molecule has 2 aromatic rings. The number of esters is 1. The van der Waals surface area contributed by atoms with E-state index in [-0.39, 0.29) is 29.0 Å². The average Bonchev–Trinajstić information content (AvgIpc) is 3.35. The molecule has 2 atom stereocenters. The predicted octanol–water partition coefficient (Wildman–Crippen LogP) is 4.09. The summed E-state index contributed by atoms with van der Waals surface area (Å²) in [5, 5.41) is 13.4. The van der Waals surface area contributed by atoms with E-state index in [1.807, 2.05) is 17.5 Å². The number of carbonyl (C=O) groups is 2. The van der Waals surface area contributed by atoms with Gasteiger partial charge in [-0.1, -0.05) is 30.0 Å². The Kier molecular flexibility index (Phi) is 5.92. The molecule has 2 aliphatic heterocycles. The summed E-state index contributed by atoms with van der Waals surface area (Å²) in [5.41, 5.74) is 1.02. The number of thioether (sulfide) groups is 1. The van der Waals surface area contributed by atoms with Crippen LogP contribution in [0.15, 0.2) is 58.0 Å². The first-order valence-corrected chi connectivity index (χ1v) is 11.4. The van der Waals surface area contributed by atoms with Crippen LogP contribution in [0.3, 0.4) is 0 Å². The maximum Gasteiger partial charge on any atom is 0.338 e. The van der Waals surface area contributed by atoms with Gasteiger partial charge in [-0.25, -0.2) is 9.79 Å². The van der Waals surface area contributed by atoms with E-state index < -0.39 is 16.9 Å². The number of ether oxygens (including phenoxy) is 1. The lowest BCUT2D eigenvalue weighted by Crippen LogP contribution is -2.41. The Labute approximate surface area is 186 Å². The number of non-ortho nitro benzene ring substituents is 1. The van der Waals surface area contributed by atoms with Crippen molar-refractivity contribution in [1.82, 2.24) is 4.90 Å². The molecule has 3 heterocycles. The van der Waals surface area contributed by atoms with E-state index in [4.69, 9.17) is 4.74 Å². The number of nitrogens with zero attached hydrogens (tertiary/aromatic N) is 3. The Morgan fingerprint density at radius 2 is 2.13 bits per heavy atom. The SMILES string of the molecule is CCOC(=O)C1=C(C)N=C2SC(Cc3cccs3)C(=O)N2C1c1cccc([N+](=O)[O-])c1. The van der Waals surface area contributed by atoms with Gasteiger partial charge in [0.2, 0.25) is 5.91 Å². The molecule has 0 N–H and O–H groups in total. The van der Waals surface area contributed by atoms with Crippen LogP contribution in [0.25, 0.3) is 0 Å². The van der Waals surface area contributed by atoms with Crippen molar-refractivity contribution in [2.75, 3.05) is 6.61 Å². The molecule has 2 unspecified atom stereocenters. The number of thiophene rings is 1. The Bertz CT molecular complexity index is 1110. The molecule has 0 radical (unpaired) electrons. The molecule has 8 nitrogen and oxygen atoms in total. The quantitative estimate of drug-likeness (QED) is 0.368. The summed E-state index contributed by atoms with van der Waals surface area (Å²) in [6, 6.07) is 9.08. The van der Waals surface area contributed by atoms with Gasteiger partial charge in [0.05, 0.1) is 34.1 Å². The monoisotopic (exact) mass is 457 g/mol. The number of nitro groups is 1. The van der Waals surface area contributed by atoms with E-state index in [0.717, 1.165) is 4.88 Å². The van der Waals surface area contributed by atoms with Crippen LogP contribution in [0.2, 0.25) is 0 Å². The molecule has 1 aromatic carbocycles. The smallest absolute Gasteiger partial charge is 0.338 e. The standard InChI is InChI=1S/C21H19N3O5S2/c1-3-29-20(26)17-12(2)22-21-23(18(17)13-6-4-7-14(10-13)24(27)28)19(25)16(31-21)11-15-8-5-9-30-15/h4-10,16,18H,3,11H2,1-2H3. The van der Waals surface area contributed by atoms with Gasteiger partial charge in [0.25, 0.3) is 5.69 Å². The fraction of sp³-hybridized carbons (Fsp3) is 0.286. The fourth-order valence-electron chi connectivity index (χ4n) is 3.67. The number of rotatable bonds is 6. The molecule has 0 bridgehead atoms. The van der Waals surface area contributed by atoms with Gasteiger partial charge in [0.1, 0.15) is 0 Å². The third-order valence-corrected chi connectivity index (χ3v) is 7.06. The zero-order valence-electron chi connectivity index (χ0n) is 16.8. The minimum atomic E-state index is -0.834. The summed E-state index contributed by atoms with van der Waals surface area (Å²) < 4.78 is 5.23. The maximum absolute atomic E-state index is 13.4. The lowest BCUT2D eigenvalue weighted by atomic mass is 9.94. The van der Waals surface area contributed by atoms with E-state index in [2.05, 4.69) is 4.99 Å². The van der Waals surface area contributed by atoms with Gasteiger partial charge >= 0.3 is 5.97 Å². The van der Waals surface area contributed by atoms with Crippen LogP contribution in [0.5, 0.6) is 0 Å². The summed E-state index contributed by atoms with van der Waals surface area (Å²) in [6.07, 6.45) is 0.548. The Balaban J connectivity index is 1.78. The number of benzene rings is 1. The van der Waals surface area contributed by atoms with E-state index in [1.54, 1.807) is 37.3 Å². The number of amides is 1. The van der Waals surface area contributed by atoms with Gasteiger partial charge in [0, 0.05) is 23.4 Å². The van der Waals surface area contributed by atoms with Crippen LogP contribution in [0, 0.1) is 10.1 Å². The summed E-state index contributed by atoms with van der Waals surface area (Å²) in [5.74, 6) is -0.762. The summed E-state index contributed by atoms with van der Waals surface area (Å²) >= 11 is 2.93. The Morgan fingerprint density at radius 3 is 2.81 bits per heavy atom. The van der Waals surface area contributed by atoms with Crippen LogP contribution >= 0.6 is 23.1 Å². The first-order valence-electron chi connectivity index (χ1n) is 9.63. The molecule has 1 aromatic heterocycles. The molecule has 10 heteroatoms. The molecule has 4 rings (SSSR count). The topological polar surface area (TPSA) is 102 Å². The molecular weight excluding hydrogens is 438 g/mol. The van der Waals surface area contributed by atoms with Crippen molar-refractivity contribution in [2.24, 2.45) is 4.99 Å². The average molecular weight is 458 g/mol. The highest BCUT2D eigenvalue weighted by Crippen LogP contribution is 2.44. The van der Waals surface area contributed by atoms with Crippen molar-refractivity contribution in [3.63, 3.8) is 0 Å². The van der Waals surface area contributed by atoms with Gasteiger partial charge in [-0.3, -0.25) is 19.8 Å². The van der Waals surface area contributed by atoms with Crippen molar-refractivity contribution in [3.8, 4) is 0 Å². The number of hydrogen-bond donors (Lipinski definition) is 0. The molecule has 0 aliphatic carbocycles. The fourth-order valence-corrected chi connectivity index (χ4v) is 5.75. The maximum atomic E-state index is 13.4. The molecule has 1 amide bonds. The van der Waals surface area contributed by atoms with Gasteiger partial charge in [-0.15, -0.1) is 11.3 Å². The molecule has 0 spiro atoms. The second-order valence-electron chi connectivity index (χ2n) is 6.97. The normalized spacial score (nSPS) is 20.5. The molecule has 0 saturated carbocycles. The van der Waals surface area contributed by atoms with E-state index >= 15 is 0 Å². The molecule has 31 heavy (non-hydrogen) atoms. The third kappa shape index (κ3) is 4.00. The van der Waals surface area contributed by atoms with Gasteiger partial charge in [-0.05, 0) is 30.9 Å². The summed E-state index contributed by atoms with van der Waals surface area (Å²) in [4.78, 5) is 44.2. The third-order valence-electron chi connectivity index (χ3n) is 5.01. The highest BCUT2D eigenvalue weighted by molar-refractivity contribution is 8.15. The summed E-state index contributed by atoms with van der Waals surface area (Å²) in [7, 11) is 0. The zero-order chi connectivity index (χ0) is 22.1. The van der Waals surface area contributed by atoms with E-state index in [9.17, 15) is 19.7 Å². The van der Waals surface area contributed by atoms with E-state index in [1.165, 1.54) is 28.8 Å². The molecule has 2 aliphatic rings. The summed E-state index contributed by atoms with van der Waals surface area (Å²) in [6.45, 7) is 3.55. The zero-order valence-corrected chi connectivity index (χ0v) is 18.4. The lowest BCUT2D eigenvalue weighted by molar-refractivity contribution is -0.384. The van der Waals surface area contributed by atoms with Crippen molar-refractivity contribution >= 4 is 45.8 Å². The van der Waals surface area contributed by atoms with Crippen LogP contribution in [0.1, 0.15) is 30.3 Å². The number of hydrogen-bond acceptors (Lipinski definition) is 8. The second-order valence-corrected chi connectivity index (χ2v) is 9.17. The Morgan fingerprint density at radius 1 is 1.32 bits per heavy atom. The van der Waals surface area contributed by atoms with E-state index in [0.29, 0.717) is 22.8 Å². The van der Waals surface area contributed by atoms with Crippen molar-refractivity contribution in [1.29, 1.82) is 0 Å². The van der Waals surface area contributed by atoms with Crippen molar-refractivity contribution in [3.05, 3.63) is 73.6 Å². The Hall–Kier alpha value is -2.98. The van der Waals surface area contributed by atoms with Crippen LogP contribution < -0.4 is 0 Å². The van der Waals surface area contributed by atoms with Crippen molar-refractivity contribution < 1.29 is 19.2 Å². The molecular formula is C21H19N3O5S2. The number of aliphatic imine (C=N–C) groups is 1. The lowest BCUT2D eigenvalue weighted by Gasteiger charge is -2.32. The number of allylic oxidation sites excluding steroid dienone is 1. The number of fused-ring (bicyclic) bond motifs is 1. The highest BCUT2D eigenvalue weighted by atomic mass is 32.2. The largest absolute Gasteiger partial charge is 0.463 e. The molecule has 160 valence electrons. The number of amidine groups is 1.